The van der Waals surface area contributed by atoms with Crippen LogP contribution in [0.3, 0.4) is 0 Å². The lowest BCUT2D eigenvalue weighted by Crippen LogP contribution is -2.43. The van der Waals surface area contributed by atoms with Gasteiger partial charge in [0.1, 0.15) is 0 Å². The molecule has 1 aromatic rings. The number of hydrogen-bond acceptors (Lipinski definition) is 3. The van der Waals surface area contributed by atoms with Crippen molar-refractivity contribution in [1.82, 2.24) is 4.90 Å². The summed E-state index contributed by atoms with van der Waals surface area (Å²) in [6, 6.07) is 5.47. The number of nitrogens with one attached hydrogen (secondary N) is 1. The number of ether oxygens (including phenoxy) is 1. The van der Waals surface area contributed by atoms with Crippen LogP contribution in [0.25, 0.3) is 0 Å². The third kappa shape index (κ3) is 4.03. The van der Waals surface area contributed by atoms with E-state index >= 15 is 0 Å². The van der Waals surface area contributed by atoms with E-state index in [2.05, 4.69) is 12.2 Å². The van der Waals surface area contributed by atoms with Gasteiger partial charge >= 0.3 is 6.03 Å². The molecule has 1 aliphatic rings. The predicted octanol–water partition coefficient (Wildman–Crippen LogP) is 3.32. The molecule has 1 heterocycles. The van der Waals surface area contributed by atoms with Gasteiger partial charge in [0.2, 0.25) is 0 Å². The Balaban J connectivity index is 2.08. The zero-order valence-corrected chi connectivity index (χ0v) is 12.4. The molecule has 0 aliphatic carbocycles. The molecule has 0 atom stereocenters. The van der Waals surface area contributed by atoms with Gasteiger partial charge in [0.05, 0.1) is 18.9 Å². The fourth-order valence-electron chi connectivity index (χ4n) is 1.84. The van der Waals surface area contributed by atoms with Gasteiger partial charge < -0.3 is 15.0 Å². The van der Waals surface area contributed by atoms with Crippen LogP contribution in [0.2, 0.25) is 5.02 Å². The molecule has 1 aliphatic heterocycles. The van der Waals surface area contributed by atoms with Crippen LogP contribution in [-0.4, -0.2) is 43.0 Å². The number of morpholine rings is 1. The van der Waals surface area contributed by atoms with Crippen molar-refractivity contribution in [2.75, 3.05) is 37.4 Å². The smallest absolute Gasteiger partial charge is 0.322 e. The van der Waals surface area contributed by atoms with E-state index in [9.17, 15) is 4.79 Å². The maximum atomic E-state index is 12.1. The van der Waals surface area contributed by atoms with Crippen LogP contribution in [0.4, 0.5) is 10.5 Å². The number of anilines is 1. The summed E-state index contributed by atoms with van der Waals surface area (Å²) in [5.41, 5.74) is 0.774. The second-order valence-electron chi connectivity index (χ2n) is 4.10. The topological polar surface area (TPSA) is 41.6 Å². The lowest BCUT2D eigenvalue weighted by Gasteiger charge is -2.27. The first kappa shape index (κ1) is 14.5. The van der Waals surface area contributed by atoms with Crippen molar-refractivity contribution in [3.8, 4) is 0 Å². The van der Waals surface area contributed by atoms with Gasteiger partial charge in [-0.3, -0.25) is 0 Å². The zero-order valence-electron chi connectivity index (χ0n) is 10.8. The predicted molar refractivity (Wildman–Crippen MR) is 79.3 cm³/mol. The number of urea groups is 1. The molecule has 2 rings (SSSR count). The van der Waals surface area contributed by atoms with E-state index in [-0.39, 0.29) is 6.03 Å². The average Bonchev–Trinajstić information content (AvgIpc) is 2.43. The number of nitrogens with zero attached hydrogens (tertiary/aromatic N) is 1. The fraction of sp³-hybridized carbons (Fsp3) is 0.462. The lowest BCUT2D eigenvalue weighted by atomic mass is 10.3. The van der Waals surface area contributed by atoms with E-state index in [0.717, 1.165) is 16.3 Å². The summed E-state index contributed by atoms with van der Waals surface area (Å²) in [6.07, 6.45) is 0. The maximum absolute atomic E-state index is 12.1. The molecule has 0 spiro atoms. The zero-order chi connectivity index (χ0) is 13.7. The minimum absolute atomic E-state index is 0.0940. The first-order valence-electron chi connectivity index (χ1n) is 6.26. The van der Waals surface area contributed by atoms with Gasteiger partial charge in [-0.05, 0) is 24.0 Å². The molecular weight excluding hydrogens is 284 g/mol. The van der Waals surface area contributed by atoms with Crippen LogP contribution in [0.15, 0.2) is 23.1 Å². The van der Waals surface area contributed by atoms with Crippen molar-refractivity contribution >= 4 is 35.1 Å². The van der Waals surface area contributed by atoms with E-state index in [1.165, 1.54) is 0 Å². The number of carbonyl (C=O) groups excluding carboxylic acids is 1. The number of carbonyl (C=O) groups is 1. The Hall–Kier alpha value is -0.910. The molecule has 0 aromatic heterocycles. The summed E-state index contributed by atoms with van der Waals surface area (Å²) in [6.45, 7) is 4.53. The summed E-state index contributed by atoms with van der Waals surface area (Å²) in [5.74, 6) is 0.946. The highest BCUT2D eigenvalue weighted by Gasteiger charge is 2.17. The van der Waals surface area contributed by atoms with Gasteiger partial charge in [-0.1, -0.05) is 18.5 Å². The molecule has 1 saturated heterocycles. The molecule has 1 N–H and O–H groups in total. The van der Waals surface area contributed by atoms with Crippen LogP contribution < -0.4 is 5.32 Å². The summed E-state index contributed by atoms with van der Waals surface area (Å²) in [7, 11) is 0. The quantitative estimate of drug-likeness (QED) is 0.871. The molecule has 104 valence electrons. The third-order valence-electron chi connectivity index (χ3n) is 2.78. The molecule has 2 amide bonds. The standard InChI is InChI=1S/C13H17ClN2O2S/c1-2-19-12-4-3-10(14)9-11(12)15-13(17)16-5-7-18-8-6-16/h3-4,9H,2,5-8H2,1H3,(H,15,17). The highest BCUT2D eigenvalue weighted by atomic mass is 35.5. The molecule has 0 bridgehead atoms. The van der Waals surface area contributed by atoms with E-state index in [1.807, 2.05) is 12.1 Å². The lowest BCUT2D eigenvalue weighted by molar-refractivity contribution is 0.0564. The highest BCUT2D eigenvalue weighted by molar-refractivity contribution is 7.99. The second-order valence-corrected chi connectivity index (χ2v) is 5.85. The van der Waals surface area contributed by atoms with Crippen LogP contribution in [0, 0.1) is 0 Å². The highest BCUT2D eigenvalue weighted by Crippen LogP contribution is 2.30. The third-order valence-corrected chi connectivity index (χ3v) is 3.97. The van der Waals surface area contributed by atoms with Gasteiger partial charge in [-0.25, -0.2) is 4.79 Å². The number of halogens is 1. The van der Waals surface area contributed by atoms with Crippen molar-refractivity contribution < 1.29 is 9.53 Å². The second kappa shape index (κ2) is 7.03. The fourth-order valence-corrected chi connectivity index (χ4v) is 2.75. The van der Waals surface area contributed by atoms with Crippen molar-refractivity contribution in [3.63, 3.8) is 0 Å². The van der Waals surface area contributed by atoms with Crippen LogP contribution in [0.1, 0.15) is 6.92 Å². The summed E-state index contributed by atoms with van der Waals surface area (Å²) in [5, 5.41) is 3.55. The Morgan fingerprint density at radius 3 is 2.89 bits per heavy atom. The molecule has 6 heteroatoms. The van der Waals surface area contributed by atoms with Crippen LogP contribution in [0.5, 0.6) is 0 Å². The molecule has 1 fully saturated rings. The Labute approximate surface area is 122 Å². The molecule has 0 saturated carbocycles. The van der Waals surface area contributed by atoms with Gasteiger partial charge in [0, 0.05) is 23.0 Å². The van der Waals surface area contributed by atoms with E-state index in [1.54, 1.807) is 22.7 Å². The van der Waals surface area contributed by atoms with Gasteiger partial charge in [0.15, 0.2) is 0 Å². The van der Waals surface area contributed by atoms with Gasteiger partial charge in [0.25, 0.3) is 0 Å². The Morgan fingerprint density at radius 1 is 1.47 bits per heavy atom. The van der Waals surface area contributed by atoms with Crippen molar-refractivity contribution in [3.05, 3.63) is 23.2 Å². The maximum Gasteiger partial charge on any atom is 0.322 e. The molecule has 4 nitrogen and oxygen atoms in total. The van der Waals surface area contributed by atoms with Gasteiger partial charge in [-0.15, -0.1) is 11.8 Å². The van der Waals surface area contributed by atoms with Gasteiger partial charge in [-0.2, -0.15) is 0 Å². The van der Waals surface area contributed by atoms with Crippen LogP contribution in [-0.2, 0) is 4.74 Å². The Kier molecular flexibility index (Phi) is 5.36. The molecular formula is C13H17ClN2O2S. The summed E-state index contributed by atoms with van der Waals surface area (Å²) in [4.78, 5) is 14.9. The minimum Gasteiger partial charge on any atom is -0.378 e. The molecule has 19 heavy (non-hydrogen) atoms. The summed E-state index contributed by atoms with van der Waals surface area (Å²) >= 11 is 7.67. The van der Waals surface area contributed by atoms with Crippen molar-refractivity contribution in [2.24, 2.45) is 0 Å². The normalized spacial score (nSPS) is 15.4. The number of thioether (sulfide) groups is 1. The SMILES string of the molecule is CCSc1ccc(Cl)cc1NC(=O)N1CCOCC1. The summed E-state index contributed by atoms with van der Waals surface area (Å²) < 4.78 is 5.23. The Morgan fingerprint density at radius 2 is 2.21 bits per heavy atom. The largest absolute Gasteiger partial charge is 0.378 e. The first-order valence-corrected chi connectivity index (χ1v) is 7.63. The van der Waals surface area contributed by atoms with Crippen molar-refractivity contribution in [1.29, 1.82) is 0 Å². The number of hydrogen-bond donors (Lipinski definition) is 1. The number of rotatable bonds is 3. The average molecular weight is 301 g/mol. The first-order chi connectivity index (χ1) is 9.20. The van der Waals surface area contributed by atoms with E-state index in [4.69, 9.17) is 16.3 Å². The molecule has 0 unspecified atom stereocenters. The van der Waals surface area contributed by atoms with Crippen molar-refractivity contribution in [2.45, 2.75) is 11.8 Å². The minimum atomic E-state index is -0.0940. The monoisotopic (exact) mass is 300 g/mol. The van der Waals surface area contributed by atoms with Crippen LogP contribution >= 0.6 is 23.4 Å². The Bertz CT molecular complexity index is 450. The van der Waals surface area contributed by atoms with E-state index < -0.39 is 0 Å². The molecule has 0 radical (unpaired) electrons. The van der Waals surface area contributed by atoms with E-state index in [0.29, 0.717) is 31.3 Å². The molecule has 1 aromatic carbocycles. The number of amides is 2. The number of benzene rings is 1.